The lowest BCUT2D eigenvalue weighted by Crippen LogP contribution is -2.20. The maximum absolute atomic E-state index is 13.4. The monoisotopic (exact) mass is 459 g/mol. The molecule has 7 nitrogen and oxygen atoms in total. The molecule has 33 heavy (non-hydrogen) atoms. The molecule has 0 saturated carbocycles. The van der Waals surface area contributed by atoms with Gasteiger partial charge < -0.3 is 13.9 Å². The van der Waals surface area contributed by atoms with Crippen LogP contribution in [0.3, 0.4) is 0 Å². The molecule has 0 saturated heterocycles. The van der Waals surface area contributed by atoms with Crippen LogP contribution in [0.15, 0.2) is 81.0 Å². The normalized spacial score (nSPS) is 11.5. The first-order chi connectivity index (χ1) is 16.1. The molecule has 164 valence electrons. The summed E-state index contributed by atoms with van der Waals surface area (Å²) in [7, 11) is 3.06. The molecule has 0 radical (unpaired) electrons. The van der Waals surface area contributed by atoms with Gasteiger partial charge in [-0.25, -0.2) is 4.98 Å². The van der Waals surface area contributed by atoms with Gasteiger partial charge in [-0.1, -0.05) is 41.9 Å². The van der Waals surface area contributed by atoms with Gasteiger partial charge in [-0.15, -0.1) is 0 Å². The Morgan fingerprint density at radius 3 is 2.52 bits per heavy atom. The van der Waals surface area contributed by atoms with Crippen molar-refractivity contribution in [3.63, 3.8) is 0 Å². The van der Waals surface area contributed by atoms with Gasteiger partial charge in [0.05, 0.1) is 36.4 Å². The van der Waals surface area contributed by atoms with Gasteiger partial charge in [0.15, 0.2) is 17.3 Å². The number of methoxy groups -OCH3 is 2. The third-order valence-corrected chi connectivity index (χ3v) is 5.54. The number of para-hydroxylation sites is 2. The Balaban J connectivity index is 1.71. The number of benzene rings is 3. The lowest BCUT2D eigenvalue weighted by atomic mass is 10.2. The van der Waals surface area contributed by atoms with Crippen molar-refractivity contribution in [2.24, 2.45) is 5.10 Å². The van der Waals surface area contributed by atoms with Gasteiger partial charge in [0.1, 0.15) is 5.58 Å². The summed E-state index contributed by atoms with van der Waals surface area (Å²) < 4.78 is 17.8. The highest BCUT2D eigenvalue weighted by atomic mass is 35.5. The van der Waals surface area contributed by atoms with Crippen LogP contribution >= 0.6 is 11.6 Å². The first-order valence-corrected chi connectivity index (χ1v) is 10.4. The Kier molecular flexibility index (Phi) is 5.32. The third kappa shape index (κ3) is 3.72. The van der Waals surface area contributed by atoms with Crippen LogP contribution in [0.2, 0.25) is 5.02 Å². The van der Waals surface area contributed by atoms with Crippen LogP contribution in [-0.4, -0.2) is 30.1 Å². The summed E-state index contributed by atoms with van der Waals surface area (Å²) in [5, 5.41) is 6.17. The molecule has 5 rings (SSSR count). The zero-order chi connectivity index (χ0) is 22.9. The van der Waals surface area contributed by atoms with Crippen molar-refractivity contribution < 1.29 is 13.9 Å². The van der Waals surface area contributed by atoms with E-state index in [0.717, 1.165) is 5.39 Å². The Morgan fingerprint density at radius 1 is 1.00 bits per heavy atom. The number of furan rings is 1. The molecule has 0 N–H and O–H groups in total. The highest BCUT2D eigenvalue weighted by Gasteiger charge is 2.16. The number of aromatic nitrogens is 2. The Hall–Kier alpha value is -4.10. The summed E-state index contributed by atoms with van der Waals surface area (Å²) in [6.45, 7) is 0. The number of fused-ring (bicyclic) bond motifs is 2. The predicted molar refractivity (Wildman–Crippen MR) is 129 cm³/mol. The molecular weight excluding hydrogens is 442 g/mol. The van der Waals surface area contributed by atoms with Crippen LogP contribution in [0.4, 0.5) is 0 Å². The zero-order valence-electron chi connectivity index (χ0n) is 17.8. The fourth-order valence-corrected chi connectivity index (χ4v) is 3.77. The molecule has 0 fully saturated rings. The van der Waals surface area contributed by atoms with Gasteiger partial charge in [-0.05, 0) is 30.3 Å². The minimum absolute atomic E-state index is 0.280. The molecule has 0 bridgehead atoms. The standard InChI is InChI=1S/C25H18ClN3O4/c1-31-21-12-16(18(26)13-22(21)32-2)14-27-29-24(23-11-15-7-3-6-10-20(15)33-23)28-19-9-5-4-8-17(19)25(29)30/h3-14H,1-2H3. The minimum Gasteiger partial charge on any atom is -0.493 e. The van der Waals surface area contributed by atoms with E-state index in [0.29, 0.717) is 44.3 Å². The van der Waals surface area contributed by atoms with Crippen molar-refractivity contribution in [3.8, 4) is 23.1 Å². The summed E-state index contributed by atoms with van der Waals surface area (Å²) in [6.07, 6.45) is 1.48. The van der Waals surface area contributed by atoms with E-state index >= 15 is 0 Å². The molecule has 0 spiro atoms. The maximum atomic E-state index is 13.4. The lowest BCUT2D eigenvalue weighted by molar-refractivity contribution is 0.355. The van der Waals surface area contributed by atoms with E-state index in [4.69, 9.17) is 25.5 Å². The van der Waals surface area contributed by atoms with Crippen LogP contribution in [-0.2, 0) is 0 Å². The molecule has 0 atom stereocenters. The van der Waals surface area contributed by atoms with Gasteiger partial charge in [0, 0.05) is 17.0 Å². The SMILES string of the molecule is COc1cc(Cl)c(C=Nn2c(-c3cc4ccccc4o3)nc3ccccc3c2=O)cc1OC. The lowest BCUT2D eigenvalue weighted by Gasteiger charge is -2.10. The molecule has 0 aliphatic rings. The molecular formula is C25H18ClN3O4. The molecule has 0 unspecified atom stereocenters. The number of hydrogen-bond donors (Lipinski definition) is 0. The van der Waals surface area contributed by atoms with Crippen molar-refractivity contribution in [2.45, 2.75) is 0 Å². The van der Waals surface area contributed by atoms with E-state index < -0.39 is 0 Å². The second-order valence-electron chi connectivity index (χ2n) is 7.19. The summed E-state index contributed by atoms with van der Waals surface area (Å²) >= 11 is 6.40. The molecule has 2 heterocycles. The number of nitrogens with zero attached hydrogens (tertiary/aromatic N) is 3. The molecule has 2 aromatic heterocycles. The number of rotatable bonds is 5. The predicted octanol–water partition coefficient (Wildman–Crippen LogP) is 5.36. The Morgan fingerprint density at radius 2 is 1.73 bits per heavy atom. The van der Waals surface area contributed by atoms with Gasteiger partial charge in [-0.3, -0.25) is 4.79 Å². The van der Waals surface area contributed by atoms with Crippen LogP contribution < -0.4 is 15.0 Å². The molecule has 0 amide bonds. The van der Waals surface area contributed by atoms with Crippen LogP contribution in [0.5, 0.6) is 11.5 Å². The highest BCUT2D eigenvalue weighted by molar-refractivity contribution is 6.33. The van der Waals surface area contributed by atoms with Crippen molar-refractivity contribution in [2.75, 3.05) is 14.2 Å². The first kappa shape index (κ1) is 20.8. The van der Waals surface area contributed by atoms with Crippen molar-refractivity contribution in [1.82, 2.24) is 9.66 Å². The Bertz CT molecular complexity index is 1550. The number of halogens is 1. The molecule has 0 aliphatic heterocycles. The van der Waals surface area contributed by atoms with E-state index in [-0.39, 0.29) is 11.4 Å². The van der Waals surface area contributed by atoms with E-state index in [2.05, 4.69) is 10.1 Å². The average molecular weight is 460 g/mol. The van der Waals surface area contributed by atoms with Crippen LogP contribution in [0, 0.1) is 0 Å². The van der Waals surface area contributed by atoms with Gasteiger partial charge in [0.2, 0.25) is 5.82 Å². The zero-order valence-corrected chi connectivity index (χ0v) is 18.5. The third-order valence-electron chi connectivity index (χ3n) is 5.21. The number of hydrogen-bond acceptors (Lipinski definition) is 6. The fraction of sp³-hybridized carbons (Fsp3) is 0.0800. The van der Waals surface area contributed by atoms with Gasteiger partial charge in [-0.2, -0.15) is 9.78 Å². The van der Waals surface area contributed by atoms with E-state index in [9.17, 15) is 4.79 Å². The van der Waals surface area contributed by atoms with E-state index in [1.807, 2.05) is 36.4 Å². The van der Waals surface area contributed by atoms with Crippen LogP contribution in [0.25, 0.3) is 33.5 Å². The first-order valence-electron chi connectivity index (χ1n) is 10.1. The van der Waals surface area contributed by atoms with Crippen molar-refractivity contribution >= 4 is 39.7 Å². The molecule has 8 heteroatoms. The van der Waals surface area contributed by atoms with Crippen LogP contribution in [0.1, 0.15) is 5.56 Å². The number of ether oxygens (including phenoxy) is 2. The average Bonchev–Trinajstić information content (AvgIpc) is 3.28. The molecule has 3 aromatic carbocycles. The summed E-state index contributed by atoms with van der Waals surface area (Å²) in [4.78, 5) is 18.0. The minimum atomic E-state index is -0.330. The maximum Gasteiger partial charge on any atom is 0.282 e. The summed E-state index contributed by atoms with van der Waals surface area (Å²) in [5.41, 5.74) is 1.45. The topological polar surface area (TPSA) is 78.9 Å². The van der Waals surface area contributed by atoms with Crippen molar-refractivity contribution in [1.29, 1.82) is 0 Å². The molecule has 5 aromatic rings. The largest absolute Gasteiger partial charge is 0.493 e. The Labute approximate surface area is 193 Å². The van der Waals surface area contributed by atoms with Gasteiger partial charge >= 0.3 is 0 Å². The second kappa shape index (κ2) is 8.44. The summed E-state index contributed by atoms with van der Waals surface area (Å²) in [5.74, 6) is 1.69. The van der Waals surface area contributed by atoms with E-state index in [1.165, 1.54) is 25.1 Å². The van der Waals surface area contributed by atoms with Gasteiger partial charge in [0.25, 0.3) is 5.56 Å². The fourth-order valence-electron chi connectivity index (χ4n) is 3.57. The summed E-state index contributed by atoms with van der Waals surface area (Å²) in [6, 6.07) is 19.8. The molecule has 0 aliphatic carbocycles. The van der Waals surface area contributed by atoms with E-state index in [1.54, 1.807) is 30.3 Å². The quantitative estimate of drug-likeness (QED) is 0.330. The second-order valence-corrected chi connectivity index (χ2v) is 7.60. The highest BCUT2D eigenvalue weighted by Crippen LogP contribution is 2.32. The van der Waals surface area contributed by atoms with Crippen molar-refractivity contribution in [3.05, 3.63) is 87.7 Å². The smallest absolute Gasteiger partial charge is 0.282 e.